The van der Waals surface area contributed by atoms with Gasteiger partial charge in [-0.3, -0.25) is 4.79 Å². The lowest BCUT2D eigenvalue weighted by atomic mass is 10.0. The fourth-order valence-electron chi connectivity index (χ4n) is 2.96. The summed E-state index contributed by atoms with van der Waals surface area (Å²) in [6.07, 6.45) is -6.19. The number of aliphatic hydroxyl groups excluding tert-OH is 1. The minimum Gasteiger partial charge on any atom is -0.491 e. The van der Waals surface area contributed by atoms with Crippen molar-refractivity contribution in [3.63, 3.8) is 0 Å². The number of halogens is 4. The number of carbonyl (C=O) groups is 2. The highest BCUT2D eigenvalue weighted by molar-refractivity contribution is 5.87. The number of nitrogens with one attached hydrogen (secondary N) is 1. The number of hydrogen-bond donors (Lipinski definition) is 3. The van der Waals surface area contributed by atoms with Crippen LogP contribution < -0.4 is 10.1 Å². The molecule has 0 aromatic heterocycles. The summed E-state index contributed by atoms with van der Waals surface area (Å²) in [4.78, 5) is 26.9. The van der Waals surface area contributed by atoms with Crippen LogP contribution in [-0.4, -0.2) is 53.6 Å². The summed E-state index contributed by atoms with van der Waals surface area (Å²) in [5, 5.41) is 24.3. The molecule has 13 heteroatoms. The van der Waals surface area contributed by atoms with Gasteiger partial charge >= 0.3 is 12.1 Å². The second kappa shape index (κ2) is 12.6. The van der Waals surface area contributed by atoms with Crippen molar-refractivity contribution < 1.29 is 42.1 Å². The summed E-state index contributed by atoms with van der Waals surface area (Å²) in [6.45, 7) is -1.22. The number of rotatable bonds is 12. The molecule has 0 saturated heterocycles. The quantitative estimate of drug-likeness (QED) is 0.178. The van der Waals surface area contributed by atoms with Crippen LogP contribution in [0.25, 0.3) is 10.4 Å². The zero-order valence-corrected chi connectivity index (χ0v) is 18.2. The first-order valence-corrected chi connectivity index (χ1v) is 10.2. The van der Waals surface area contributed by atoms with Gasteiger partial charge in [0.05, 0.1) is 5.56 Å². The van der Waals surface area contributed by atoms with E-state index in [4.69, 9.17) is 10.3 Å². The van der Waals surface area contributed by atoms with Crippen LogP contribution in [0.3, 0.4) is 0 Å². The van der Waals surface area contributed by atoms with Crippen LogP contribution in [0.4, 0.5) is 17.6 Å². The molecule has 3 atom stereocenters. The van der Waals surface area contributed by atoms with Gasteiger partial charge in [0.1, 0.15) is 37.2 Å². The Kier molecular flexibility index (Phi) is 9.86. The molecule has 2 aromatic carbocycles. The predicted octanol–water partition coefficient (Wildman–Crippen LogP) is 3.45. The third-order valence-electron chi connectivity index (χ3n) is 4.80. The molecule has 2 rings (SSSR count). The van der Waals surface area contributed by atoms with Crippen LogP contribution in [0.1, 0.15) is 16.7 Å². The van der Waals surface area contributed by atoms with Crippen LogP contribution in [0.2, 0.25) is 0 Å². The van der Waals surface area contributed by atoms with Crippen molar-refractivity contribution in [3.8, 4) is 5.75 Å². The molecule has 35 heavy (non-hydrogen) atoms. The summed E-state index contributed by atoms with van der Waals surface area (Å²) in [6, 6.07) is 7.14. The minimum absolute atomic E-state index is 0.0874. The maximum atomic E-state index is 12.7. The summed E-state index contributed by atoms with van der Waals surface area (Å²) >= 11 is 0. The number of carboxylic acids is 1. The number of azide groups is 1. The number of carboxylic acid groups (broad SMARTS) is 1. The molecule has 9 nitrogen and oxygen atoms in total. The van der Waals surface area contributed by atoms with Gasteiger partial charge in [-0.15, -0.1) is 0 Å². The molecule has 0 aliphatic rings. The summed E-state index contributed by atoms with van der Waals surface area (Å²) in [5.74, 6) is -1.98. The van der Waals surface area contributed by atoms with Gasteiger partial charge in [0, 0.05) is 11.3 Å². The number of ether oxygens (including phenoxy) is 1. The molecule has 2 unspecified atom stereocenters. The topological polar surface area (TPSA) is 145 Å². The van der Waals surface area contributed by atoms with Crippen LogP contribution >= 0.6 is 0 Å². The average molecular weight is 498 g/mol. The third kappa shape index (κ3) is 8.80. The molecule has 3 N–H and O–H groups in total. The Bertz CT molecular complexity index is 1040. The lowest BCUT2D eigenvalue weighted by molar-refractivity contribution is -0.142. The van der Waals surface area contributed by atoms with Gasteiger partial charge in [-0.1, -0.05) is 29.4 Å². The van der Waals surface area contributed by atoms with Gasteiger partial charge in [-0.25, -0.2) is 9.18 Å². The first-order valence-electron chi connectivity index (χ1n) is 10.2. The monoisotopic (exact) mass is 498 g/mol. The fourth-order valence-corrected chi connectivity index (χ4v) is 2.96. The van der Waals surface area contributed by atoms with E-state index in [9.17, 15) is 37.4 Å². The molecule has 1 amide bonds. The Morgan fingerprint density at radius 3 is 2.14 bits per heavy atom. The molecule has 0 saturated carbocycles. The van der Waals surface area contributed by atoms with Gasteiger partial charge in [-0.2, -0.15) is 13.2 Å². The van der Waals surface area contributed by atoms with Crippen LogP contribution in [0.5, 0.6) is 5.75 Å². The minimum atomic E-state index is -4.54. The Morgan fingerprint density at radius 2 is 1.63 bits per heavy atom. The second-order valence-corrected chi connectivity index (χ2v) is 7.49. The Balaban J connectivity index is 2.05. The number of hydrogen-bond acceptors (Lipinski definition) is 5. The predicted molar refractivity (Wildman–Crippen MR) is 115 cm³/mol. The first-order chi connectivity index (χ1) is 16.5. The number of aliphatic carboxylic acids is 1. The summed E-state index contributed by atoms with van der Waals surface area (Å²) in [5.41, 5.74) is 8.71. The van der Waals surface area contributed by atoms with Crippen molar-refractivity contribution in [1.82, 2.24) is 5.32 Å². The van der Waals surface area contributed by atoms with E-state index >= 15 is 0 Å². The van der Waals surface area contributed by atoms with Gasteiger partial charge < -0.3 is 20.3 Å². The van der Waals surface area contributed by atoms with Crippen molar-refractivity contribution in [3.05, 3.63) is 75.7 Å². The lowest BCUT2D eigenvalue weighted by Crippen LogP contribution is -2.46. The largest absolute Gasteiger partial charge is 0.491 e. The van der Waals surface area contributed by atoms with Crippen LogP contribution in [-0.2, 0) is 28.6 Å². The lowest BCUT2D eigenvalue weighted by Gasteiger charge is -2.18. The first kappa shape index (κ1) is 27.4. The molecule has 0 fully saturated rings. The van der Waals surface area contributed by atoms with Crippen molar-refractivity contribution in [1.29, 1.82) is 0 Å². The normalized spacial score (nSPS) is 13.7. The number of aliphatic hydroxyl groups is 1. The fraction of sp³-hybridized carbons (Fsp3) is 0.364. The maximum Gasteiger partial charge on any atom is 0.416 e. The number of alkyl halides is 4. The van der Waals surface area contributed by atoms with E-state index in [0.717, 1.165) is 24.3 Å². The van der Waals surface area contributed by atoms with E-state index in [-0.39, 0.29) is 25.0 Å². The van der Waals surface area contributed by atoms with Crippen molar-refractivity contribution in [2.24, 2.45) is 5.11 Å². The van der Waals surface area contributed by atoms with E-state index in [1.807, 2.05) is 0 Å². The third-order valence-corrected chi connectivity index (χ3v) is 4.80. The molecular formula is C22H22F4N4O5. The Morgan fingerprint density at radius 1 is 1.06 bits per heavy atom. The number of nitrogens with zero attached hydrogens (tertiary/aromatic N) is 3. The molecule has 0 spiro atoms. The van der Waals surface area contributed by atoms with Crippen LogP contribution in [0, 0.1) is 0 Å². The Hall–Kier alpha value is -3.83. The zero-order chi connectivity index (χ0) is 26.0. The van der Waals surface area contributed by atoms with E-state index in [0.29, 0.717) is 11.3 Å². The highest BCUT2D eigenvalue weighted by Crippen LogP contribution is 2.29. The number of amides is 1. The molecule has 0 bridgehead atoms. The standard InChI is InChI=1S/C22H22F4N4O5/c23-11-16(31)12-35-17-7-3-14(4-8-17)9-18(29-30-27)20(32)28-19(21(33)34)10-13-1-5-15(6-2-13)22(24,25)26/h1-8,16,18-19,31H,9-12H2,(H,28,32)(H,33,34)/t16?,18-,19?/m0/s1. The molecule has 0 aliphatic heterocycles. The van der Waals surface area contributed by atoms with E-state index < -0.39 is 48.5 Å². The Labute approximate surface area is 197 Å². The van der Waals surface area contributed by atoms with Crippen LogP contribution in [0.15, 0.2) is 53.6 Å². The maximum absolute atomic E-state index is 12.7. The van der Waals surface area contributed by atoms with Crippen molar-refractivity contribution in [2.75, 3.05) is 13.3 Å². The zero-order valence-electron chi connectivity index (χ0n) is 18.2. The molecule has 188 valence electrons. The number of carbonyl (C=O) groups excluding carboxylic acids is 1. The number of benzene rings is 2. The van der Waals surface area contributed by atoms with Crippen molar-refractivity contribution in [2.45, 2.75) is 37.2 Å². The SMILES string of the molecule is [N-]=[N+]=N[C@@H](Cc1ccc(OCC(O)CF)cc1)C(=O)NC(Cc1ccc(C(F)(F)F)cc1)C(=O)O. The van der Waals surface area contributed by atoms with E-state index in [1.165, 1.54) is 12.1 Å². The van der Waals surface area contributed by atoms with Gasteiger partial charge in [-0.05, 0) is 47.3 Å². The summed E-state index contributed by atoms with van der Waals surface area (Å²) in [7, 11) is 0. The second-order valence-electron chi connectivity index (χ2n) is 7.49. The van der Waals surface area contributed by atoms with Gasteiger partial charge in [0.15, 0.2) is 0 Å². The van der Waals surface area contributed by atoms with Crippen molar-refractivity contribution >= 4 is 11.9 Å². The van der Waals surface area contributed by atoms with Gasteiger partial charge in [0.25, 0.3) is 0 Å². The van der Waals surface area contributed by atoms with E-state index in [1.54, 1.807) is 12.1 Å². The molecule has 0 radical (unpaired) electrons. The molecule has 2 aromatic rings. The van der Waals surface area contributed by atoms with Gasteiger partial charge in [0.2, 0.25) is 5.91 Å². The highest BCUT2D eigenvalue weighted by Gasteiger charge is 2.30. The highest BCUT2D eigenvalue weighted by atomic mass is 19.4. The molecule has 0 heterocycles. The summed E-state index contributed by atoms with van der Waals surface area (Å²) < 4.78 is 55.6. The molecule has 0 aliphatic carbocycles. The van der Waals surface area contributed by atoms with E-state index in [2.05, 4.69) is 15.3 Å². The smallest absolute Gasteiger partial charge is 0.416 e. The average Bonchev–Trinajstić information content (AvgIpc) is 2.82. The molecular weight excluding hydrogens is 476 g/mol.